The molecule has 0 aliphatic heterocycles. The van der Waals surface area contributed by atoms with Gasteiger partial charge in [-0.25, -0.2) is 4.79 Å². The van der Waals surface area contributed by atoms with Crippen LogP contribution >= 0.6 is 0 Å². The zero-order valence-corrected chi connectivity index (χ0v) is 15.2. The van der Waals surface area contributed by atoms with Gasteiger partial charge in [0.25, 0.3) is 0 Å². The minimum absolute atomic E-state index is 0.173. The van der Waals surface area contributed by atoms with Gasteiger partial charge in [-0.2, -0.15) is 5.10 Å². The van der Waals surface area contributed by atoms with Crippen LogP contribution in [0.5, 0.6) is 5.75 Å². The fourth-order valence-electron chi connectivity index (χ4n) is 2.60. The van der Waals surface area contributed by atoms with Gasteiger partial charge in [0.2, 0.25) is 0 Å². The van der Waals surface area contributed by atoms with Crippen molar-refractivity contribution < 1.29 is 14.3 Å². The average molecular weight is 362 g/mol. The number of esters is 1. The van der Waals surface area contributed by atoms with Crippen LogP contribution in [0.1, 0.15) is 23.6 Å². The third-order valence-corrected chi connectivity index (χ3v) is 3.89. The molecule has 5 heteroatoms. The summed E-state index contributed by atoms with van der Waals surface area (Å²) in [6.45, 7) is 3.35. The first-order valence-electron chi connectivity index (χ1n) is 8.86. The van der Waals surface area contributed by atoms with Crippen LogP contribution in [-0.4, -0.2) is 22.4 Å². The molecule has 0 spiro atoms. The van der Waals surface area contributed by atoms with Gasteiger partial charge in [-0.3, -0.25) is 4.68 Å². The van der Waals surface area contributed by atoms with Crippen molar-refractivity contribution in [2.75, 3.05) is 6.61 Å². The lowest BCUT2D eigenvalue weighted by molar-refractivity contribution is -0.138. The van der Waals surface area contributed by atoms with E-state index in [4.69, 9.17) is 9.47 Å². The van der Waals surface area contributed by atoms with Crippen LogP contribution < -0.4 is 4.74 Å². The Morgan fingerprint density at radius 1 is 1.11 bits per heavy atom. The van der Waals surface area contributed by atoms with Crippen molar-refractivity contribution in [1.82, 2.24) is 9.78 Å². The molecule has 0 saturated carbocycles. The third kappa shape index (κ3) is 5.57. The number of rotatable bonds is 8. The summed E-state index contributed by atoms with van der Waals surface area (Å²) in [5.41, 5.74) is 2.86. The number of ether oxygens (including phenoxy) is 2. The summed E-state index contributed by atoms with van der Waals surface area (Å²) < 4.78 is 12.7. The lowest BCUT2D eigenvalue weighted by atomic mass is 10.2. The van der Waals surface area contributed by atoms with Crippen LogP contribution in [0, 0.1) is 0 Å². The molecule has 5 nitrogen and oxygen atoms in total. The van der Waals surface area contributed by atoms with Crippen molar-refractivity contribution in [1.29, 1.82) is 0 Å². The monoisotopic (exact) mass is 362 g/mol. The van der Waals surface area contributed by atoms with Crippen LogP contribution in [0.15, 0.2) is 73.1 Å². The lowest BCUT2D eigenvalue weighted by Crippen LogP contribution is -2.03. The molecule has 0 aliphatic rings. The average Bonchev–Trinajstić information content (AvgIpc) is 3.14. The number of benzene rings is 2. The zero-order chi connectivity index (χ0) is 18.9. The van der Waals surface area contributed by atoms with E-state index in [2.05, 4.69) is 17.2 Å². The SMILES string of the molecule is CCOc1ccccc1COC(=O)/C=C/c1cnn(Cc2ccccc2)c1. The Morgan fingerprint density at radius 2 is 1.89 bits per heavy atom. The van der Waals surface area contributed by atoms with Gasteiger partial charge in [-0.15, -0.1) is 0 Å². The Morgan fingerprint density at radius 3 is 2.70 bits per heavy atom. The number of nitrogens with zero attached hydrogens (tertiary/aromatic N) is 2. The molecule has 0 fully saturated rings. The molecule has 2 aromatic carbocycles. The summed E-state index contributed by atoms with van der Waals surface area (Å²) >= 11 is 0. The number of aromatic nitrogens is 2. The van der Waals surface area contributed by atoms with Gasteiger partial charge in [0.15, 0.2) is 0 Å². The molecule has 0 saturated heterocycles. The van der Waals surface area contributed by atoms with Crippen LogP contribution in [0.2, 0.25) is 0 Å². The topological polar surface area (TPSA) is 53.4 Å². The number of carbonyl (C=O) groups is 1. The molecule has 0 bridgehead atoms. The predicted molar refractivity (Wildman–Crippen MR) is 104 cm³/mol. The normalized spacial score (nSPS) is 10.9. The number of hydrogen-bond acceptors (Lipinski definition) is 4. The third-order valence-electron chi connectivity index (χ3n) is 3.89. The van der Waals surface area contributed by atoms with Gasteiger partial charge in [0, 0.05) is 23.4 Å². The molecule has 0 N–H and O–H groups in total. The highest BCUT2D eigenvalue weighted by Crippen LogP contribution is 2.18. The van der Waals surface area contributed by atoms with Gasteiger partial charge < -0.3 is 9.47 Å². The van der Waals surface area contributed by atoms with Gasteiger partial charge in [-0.05, 0) is 24.6 Å². The van der Waals surface area contributed by atoms with E-state index in [-0.39, 0.29) is 6.61 Å². The molecule has 3 aromatic rings. The van der Waals surface area contributed by atoms with E-state index in [1.54, 1.807) is 12.3 Å². The van der Waals surface area contributed by atoms with E-state index in [0.717, 1.165) is 16.9 Å². The molecule has 27 heavy (non-hydrogen) atoms. The minimum atomic E-state index is -0.405. The lowest BCUT2D eigenvalue weighted by Gasteiger charge is -2.09. The quantitative estimate of drug-likeness (QED) is 0.447. The van der Waals surface area contributed by atoms with Crippen molar-refractivity contribution in [2.45, 2.75) is 20.1 Å². The summed E-state index contributed by atoms with van der Waals surface area (Å²) in [5.74, 6) is 0.330. The molecule has 3 rings (SSSR count). The maximum absolute atomic E-state index is 12.0. The molecule has 1 heterocycles. The molecule has 138 valence electrons. The first-order chi connectivity index (χ1) is 13.2. The number of hydrogen-bond donors (Lipinski definition) is 0. The summed E-state index contributed by atoms with van der Waals surface area (Å²) in [5, 5.41) is 4.31. The molecule has 0 radical (unpaired) electrons. The molecule has 1 aromatic heterocycles. The zero-order valence-electron chi connectivity index (χ0n) is 15.2. The van der Waals surface area contributed by atoms with Crippen molar-refractivity contribution in [3.63, 3.8) is 0 Å². The molecule has 0 atom stereocenters. The van der Waals surface area contributed by atoms with Crippen LogP contribution in [0.25, 0.3) is 6.08 Å². The molecular formula is C22H22N2O3. The van der Waals surface area contributed by atoms with Gasteiger partial charge in [-0.1, -0.05) is 48.5 Å². The highest BCUT2D eigenvalue weighted by molar-refractivity contribution is 5.86. The first kappa shape index (κ1) is 18.5. The van der Waals surface area contributed by atoms with E-state index < -0.39 is 5.97 Å². The maximum Gasteiger partial charge on any atom is 0.331 e. The fraction of sp³-hybridized carbons (Fsp3) is 0.182. The Labute approximate surface area is 158 Å². The second kappa shape index (κ2) is 9.38. The Hall–Kier alpha value is -3.34. The van der Waals surface area contributed by atoms with Gasteiger partial charge in [0.05, 0.1) is 19.3 Å². The summed E-state index contributed by atoms with van der Waals surface area (Å²) in [6, 6.07) is 17.6. The summed E-state index contributed by atoms with van der Waals surface area (Å²) in [4.78, 5) is 12.0. The van der Waals surface area contributed by atoms with Crippen LogP contribution in [0.4, 0.5) is 0 Å². The Bertz CT molecular complexity index is 901. The van der Waals surface area contributed by atoms with Crippen molar-refractivity contribution >= 4 is 12.0 Å². The molecule has 0 unspecified atom stereocenters. The van der Waals surface area contributed by atoms with Gasteiger partial charge in [0.1, 0.15) is 12.4 Å². The van der Waals surface area contributed by atoms with E-state index in [9.17, 15) is 4.79 Å². The molecule has 0 aliphatic carbocycles. The Kier molecular flexibility index (Phi) is 6.41. The molecule has 0 amide bonds. The number of carbonyl (C=O) groups excluding carboxylic acids is 1. The van der Waals surface area contributed by atoms with E-state index in [0.29, 0.717) is 13.2 Å². The second-order valence-electron chi connectivity index (χ2n) is 5.94. The smallest absolute Gasteiger partial charge is 0.331 e. The van der Waals surface area contributed by atoms with Gasteiger partial charge >= 0.3 is 5.97 Å². The van der Waals surface area contributed by atoms with Crippen LogP contribution in [-0.2, 0) is 22.7 Å². The maximum atomic E-state index is 12.0. The van der Waals surface area contributed by atoms with E-state index in [1.165, 1.54) is 11.6 Å². The largest absolute Gasteiger partial charge is 0.493 e. The first-order valence-corrected chi connectivity index (χ1v) is 8.86. The highest BCUT2D eigenvalue weighted by atomic mass is 16.5. The van der Waals surface area contributed by atoms with Crippen molar-refractivity contribution in [3.05, 3.63) is 89.8 Å². The fourth-order valence-corrected chi connectivity index (χ4v) is 2.60. The minimum Gasteiger partial charge on any atom is -0.493 e. The predicted octanol–water partition coefficient (Wildman–Crippen LogP) is 4.09. The number of para-hydroxylation sites is 1. The highest BCUT2D eigenvalue weighted by Gasteiger charge is 2.05. The van der Waals surface area contributed by atoms with Crippen molar-refractivity contribution in [3.8, 4) is 5.75 Å². The van der Waals surface area contributed by atoms with Crippen LogP contribution in [0.3, 0.4) is 0 Å². The summed E-state index contributed by atoms with van der Waals surface area (Å²) in [7, 11) is 0. The Balaban J connectivity index is 1.53. The standard InChI is InChI=1S/C22H22N2O3/c1-2-26-21-11-7-6-10-20(21)17-27-22(25)13-12-19-14-23-24(16-19)15-18-8-4-3-5-9-18/h3-14,16H,2,15,17H2,1H3/b13-12+. The van der Waals surface area contributed by atoms with Crippen molar-refractivity contribution in [2.24, 2.45) is 0 Å². The van der Waals surface area contributed by atoms with E-state index in [1.807, 2.05) is 60.3 Å². The second-order valence-corrected chi connectivity index (χ2v) is 5.94. The van der Waals surface area contributed by atoms with E-state index >= 15 is 0 Å². The summed E-state index contributed by atoms with van der Waals surface area (Å²) in [6.07, 6.45) is 6.72. The molecular weight excluding hydrogens is 340 g/mol.